The number of halogens is 2. The fourth-order valence-corrected chi connectivity index (χ4v) is 4.54. The molecule has 3 rings (SSSR count). The van der Waals surface area contributed by atoms with Crippen LogP contribution in [0.3, 0.4) is 0 Å². The molecule has 28 heavy (non-hydrogen) atoms. The number of rotatable bonds is 5. The number of hydrogen-bond donors (Lipinski definition) is 1. The Morgan fingerprint density at radius 2 is 1.89 bits per heavy atom. The molecule has 0 aliphatic carbocycles. The summed E-state index contributed by atoms with van der Waals surface area (Å²) in [6, 6.07) is 5.83. The van der Waals surface area contributed by atoms with Crippen LogP contribution in [0.25, 0.3) is 5.69 Å². The Balaban J connectivity index is 1.69. The van der Waals surface area contributed by atoms with Crippen LogP contribution in [0.15, 0.2) is 24.3 Å². The van der Waals surface area contributed by atoms with E-state index in [9.17, 15) is 9.18 Å². The van der Waals surface area contributed by atoms with Gasteiger partial charge in [0.25, 0.3) is 5.91 Å². The highest BCUT2D eigenvalue weighted by Gasteiger charge is 2.25. The summed E-state index contributed by atoms with van der Waals surface area (Å²) in [4.78, 5) is 15.3. The predicted octanol–water partition coefficient (Wildman–Crippen LogP) is 4.07. The second-order valence-corrected chi connectivity index (χ2v) is 8.54. The molecule has 5 nitrogen and oxygen atoms in total. The molecule has 0 unspecified atom stereocenters. The minimum atomic E-state index is -0.336. The maximum absolute atomic E-state index is 13.2. The molecular weight excluding hydrogens is 379 g/mol. The molecule has 0 bridgehead atoms. The lowest BCUT2D eigenvalue weighted by Crippen LogP contribution is -2.47. The van der Waals surface area contributed by atoms with E-state index in [1.807, 2.05) is 6.92 Å². The summed E-state index contributed by atoms with van der Waals surface area (Å²) < 4.78 is 14.6. The summed E-state index contributed by atoms with van der Waals surface area (Å²) in [5.41, 5.74) is 1.51. The number of nitrogens with one attached hydrogen (secondary N) is 1. The van der Waals surface area contributed by atoms with Crippen molar-refractivity contribution < 1.29 is 9.18 Å². The van der Waals surface area contributed by atoms with Gasteiger partial charge in [0.2, 0.25) is 0 Å². The first kappa shape index (κ1) is 20.8. The van der Waals surface area contributed by atoms with Crippen LogP contribution in [0.4, 0.5) is 4.39 Å². The molecule has 0 radical (unpaired) electrons. The van der Waals surface area contributed by atoms with Crippen molar-refractivity contribution in [2.75, 3.05) is 19.6 Å². The summed E-state index contributed by atoms with van der Waals surface area (Å²) in [7, 11) is 0. The lowest BCUT2D eigenvalue weighted by Gasteiger charge is -2.36. The van der Waals surface area contributed by atoms with Gasteiger partial charge in [0, 0.05) is 25.7 Å². The Labute approximate surface area is 170 Å². The topological polar surface area (TPSA) is 50.2 Å². The monoisotopic (exact) mass is 406 g/mol. The Morgan fingerprint density at radius 3 is 2.50 bits per heavy atom. The standard InChI is InChI=1S/C21H28ClFN4O/c1-13-9-14(2)11-26(10-13)12-15(3)24-21(28)19-16(4)25-27(20(19)22)18-7-5-17(23)6-8-18/h5-8,13-15H,9-12H2,1-4H3,(H,24,28)/t13-,14+,15-/m0/s1. The first-order valence-electron chi connectivity index (χ1n) is 9.78. The molecule has 0 spiro atoms. The maximum atomic E-state index is 13.2. The number of hydrogen-bond acceptors (Lipinski definition) is 3. The van der Waals surface area contributed by atoms with Crippen molar-refractivity contribution in [2.45, 2.75) is 40.2 Å². The molecule has 1 aromatic heterocycles. The zero-order chi connectivity index (χ0) is 20.4. The van der Waals surface area contributed by atoms with E-state index in [0.29, 0.717) is 28.8 Å². The van der Waals surface area contributed by atoms with E-state index in [2.05, 4.69) is 29.2 Å². The summed E-state index contributed by atoms with van der Waals surface area (Å²) in [5.74, 6) is 0.785. The van der Waals surface area contributed by atoms with Crippen LogP contribution in [0.2, 0.25) is 5.15 Å². The minimum Gasteiger partial charge on any atom is -0.348 e. The molecule has 1 aliphatic heterocycles. The van der Waals surface area contributed by atoms with E-state index in [1.165, 1.54) is 23.2 Å². The molecule has 2 heterocycles. The van der Waals surface area contributed by atoms with Gasteiger partial charge in [0.1, 0.15) is 11.0 Å². The Bertz CT molecular complexity index is 826. The highest BCUT2D eigenvalue weighted by atomic mass is 35.5. The quantitative estimate of drug-likeness (QED) is 0.814. The Morgan fingerprint density at radius 1 is 1.29 bits per heavy atom. The van der Waals surface area contributed by atoms with Crippen molar-refractivity contribution in [1.29, 1.82) is 0 Å². The van der Waals surface area contributed by atoms with E-state index in [4.69, 9.17) is 11.6 Å². The number of carbonyl (C=O) groups is 1. The van der Waals surface area contributed by atoms with Crippen LogP contribution < -0.4 is 5.32 Å². The van der Waals surface area contributed by atoms with E-state index in [0.717, 1.165) is 19.6 Å². The van der Waals surface area contributed by atoms with Crippen LogP contribution in [-0.2, 0) is 0 Å². The third-order valence-electron chi connectivity index (χ3n) is 5.16. The Kier molecular flexibility index (Phi) is 6.40. The maximum Gasteiger partial charge on any atom is 0.256 e. The van der Waals surface area contributed by atoms with E-state index in [1.54, 1.807) is 19.1 Å². The molecular formula is C21H28ClFN4O. The van der Waals surface area contributed by atoms with Gasteiger partial charge in [-0.05, 0) is 56.4 Å². The number of nitrogens with zero attached hydrogens (tertiary/aromatic N) is 3. The number of piperidine rings is 1. The summed E-state index contributed by atoms with van der Waals surface area (Å²) in [6.45, 7) is 11.2. The Hall–Kier alpha value is -1.92. The zero-order valence-corrected chi connectivity index (χ0v) is 17.6. The highest BCUT2D eigenvalue weighted by molar-refractivity contribution is 6.33. The first-order chi connectivity index (χ1) is 13.2. The molecule has 2 aromatic rings. The third-order valence-corrected chi connectivity index (χ3v) is 5.51. The van der Waals surface area contributed by atoms with Crippen LogP contribution in [-0.4, -0.2) is 46.3 Å². The molecule has 3 atom stereocenters. The summed E-state index contributed by atoms with van der Waals surface area (Å²) in [5, 5.41) is 7.65. The zero-order valence-electron chi connectivity index (χ0n) is 16.9. The second kappa shape index (κ2) is 8.62. The van der Waals surface area contributed by atoms with Crippen LogP contribution >= 0.6 is 11.6 Å². The normalized spacial score (nSPS) is 21.5. The van der Waals surface area contributed by atoms with Gasteiger partial charge >= 0.3 is 0 Å². The summed E-state index contributed by atoms with van der Waals surface area (Å²) >= 11 is 6.45. The fourth-order valence-electron chi connectivity index (χ4n) is 4.18. The molecule has 1 fully saturated rings. The fraction of sp³-hybridized carbons (Fsp3) is 0.524. The lowest BCUT2D eigenvalue weighted by atomic mass is 9.92. The molecule has 7 heteroatoms. The molecule has 0 saturated carbocycles. The van der Waals surface area contributed by atoms with Gasteiger partial charge in [-0.3, -0.25) is 4.79 Å². The number of likely N-dealkylation sites (tertiary alicyclic amines) is 1. The van der Waals surface area contributed by atoms with Crippen molar-refractivity contribution in [2.24, 2.45) is 11.8 Å². The van der Waals surface area contributed by atoms with Crippen molar-refractivity contribution in [3.8, 4) is 5.69 Å². The van der Waals surface area contributed by atoms with Gasteiger partial charge in [0.05, 0.1) is 16.9 Å². The third kappa shape index (κ3) is 4.73. The molecule has 152 valence electrons. The molecule has 1 aromatic carbocycles. The summed E-state index contributed by atoms with van der Waals surface area (Å²) in [6.07, 6.45) is 1.26. The van der Waals surface area contributed by atoms with Crippen molar-refractivity contribution in [1.82, 2.24) is 20.0 Å². The highest BCUT2D eigenvalue weighted by Crippen LogP contribution is 2.24. The SMILES string of the molecule is Cc1nn(-c2ccc(F)cc2)c(Cl)c1C(=O)N[C@@H](C)CN1C[C@H](C)C[C@H](C)C1. The van der Waals surface area contributed by atoms with Crippen LogP contribution in [0.1, 0.15) is 43.2 Å². The van der Waals surface area contributed by atoms with Gasteiger partial charge in [-0.15, -0.1) is 0 Å². The molecule has 1 N–H and O–H groups in total. The number of amides is 1. The molecule has 1 saturated heterocycles. The predicted molar refractivity (Wildman–Crippen MR) is 110 cm³/mol. The van der Waals surface area contributed by atoms with Crippen molar-refractivity contribution in [3.63, 3.8) is 0 Å². The van der Waals surface area contributed by atoms with Gasteiger partial charge in [-0.25, -0.2) is 9.07 Å². The number of benzene rings is 1. The average Bonchev–Trinajstić information content (AvgIpc) is 2.89. The molecule has 1 aliphatic rings. The number of aryl methyl sites for hydroxylation is 1. The van der Waals surface area contributed by atoms with Gasteiger partial charge < -0.3 is 10.2 Å². The van der Waals surface area contributed by atoms with Crippen molar-refractivity contribution >= 4 is 17.5 Å². The van der Waals surface area contributed by atoms with E-state index < -0.39 is 0 Å². The number of aromatic nitrogens is 2. The van der Waals surface area contributed by atoms with Gasteiger partial charge in [-0.2, -0.15) is 5.10 Å². The van der Waals surface area contributed by atoms with Crippen molar-refractivity contribution in [3.05, 3.63) is 46.5 Å². The van der Waals surface area contributed by atoms with Gasteiger partial charge in [0.15, 0.2) is 0 Å². The van der Waals surface area contributed by atoms with Gasteiger partial charge in [-0.1, -0.05) is 25.4 Å². The van der Waals surface area contributed by atoms with E-state index >= 15 is 0 Å². The first-order valence-corrected chi connectivity index (χ1v) is 10.2. The van der Waals surface area contributed by atoms with Crippen LogP contribution in [0.5, 0.6) is 0 Å². The lowest BCUT2D eigenvalue weighted by molar-refractivity contribution is 0.0904. The minimum absolute atomic E-state index is 0.00496. The average molecular weight is 407 g/mol. The smallest absolute Gasteiger partial charge is 0.256 e. The number of carbonyl (C=O) groups excluding carboxylic acids is 1. The van der Waals surface area contributed by atoms with Crippen LogP contribution in [0, 0.1) is 24.6 Å². The molecule has 1 amide bonds. The van der Waals surface area contributed by atoms with E-state index in [-0.39, 0.29) is 22.9 Å². The largest absolute Gasteiger partial charge is 0.348 e. The second-order valence-electron chi connectivity index (χ2n) is 8.18.